The van der Waals surface area contributed by atoms with Crippen LogP contribution in [0.1, 0.15) is 20.8 Å². The highest BCUT2D eigenvalue weighted by Gasteiger charge is 2.46. The van der Waals surface area contributed by atoms with E-state index in [1.165, 1.54) is 10.4 Å². The van der Waals surface area contributed by atoms with Crippen LogP contribution in [0, 0.1) is 5.41 Å². The number of aliphatic hydroxyl groups is 1. The summed E-state index contributed by atoms with van der Waals surface area (Å²) in [5, 5.41) is 12.3. The van der Waals surface area contributed by atoms with Crippen LogP contribution in [-0.4, -0.2) is 45.9 Å². The molecule has 0 amide bonds. The lowest BCUT2D eigenvalue weighted by Gasteiger charge is -2.31. The summed E-state index contributed by atoms with van der Waals surface area (Å²) in [6.07, 6.45) is -0.0631. The SMILES string of the molecule is CC(C)(C)[C@H]1CO[C@](CO)(CO[SiH](c2ccccc2)c2ccccc2)O1. The topological polar surface area (TPSA) is 47.9 Å². The van der Waals surface area contributed by atoms with Gasteiger partial charge in [0.2, 0.25) is 14.8 Å². The first-order valence-electron chi connectivity index (χ1n) is 9.08. The van der Waals surface area contributed by atoms with Crippen LogP contribution in [-0.2, 0) is 13.9 Å². The molecule has 0 unspecified atom stereocenters. The van der Waals surface area contributed by atoms with E-state index in [0.29, 0.717) is 6.61 Å². The summed E-state index contributed by atoms with van der Waals surface area (Å²) in [5.41, 5.74) is -0.0490. The number of rotatable bonds is 6. The van der Waals surface area contributed by atoms with Crippen LogP contribution < -0.4 is 10.4 Å². The van der Waals surface area contributed by atoms with Gasteiger partial charge in [0.15, 0.2) is 0 Å². The Bertz CT molecular complexity index is 647. The van der Waals surface area contributed by atoms with Crippen molar-refractivity contribution in [3.63, 3.8) is 0 Å². The van der Waals surface area contributed by atoms with E-state index in [0.717, 1.165) is 0 Å². The maximum Gasteiger partial charge on any atom is 0.240 e. The Morgan fingerprint density at radius 2 is 1.58 bits per heavy atom. The molecule has 1 aliphatic heterocycles. The molecule has 1 heterocycles. The predicted molar refractivity (Wildman–Crippen MR) is 105 cm³/mol. The smallest absolute Gasteiger partial charge is 0.240 e. The maximum absolute atomic E-state index is 9.94. The summed E-state index contributed by atoms with van der Waals surface area (Å²) in [4.78, 5) is 0. The molecule has 5 heteroatoms. The third kappa shape index (κ3) is 4.42. The molecule has 4 nitrogen and oxygen atoms in total. The summed E-state index contributed by atoms with van der Waals surface area (Å²) < 4.78 is 18.4. The van der Waals surface area contributed by atoms with Gasteiger partial charge in [-0.25, -0.2) is 0 Å². The van der Waals surface area contributed by atoms with Crippen molar-refractivity contribution >= 4 is 19.4 Å². The van der Waals surface area contributed by atoms with Gasteiger partial charge >= 0.3 is 0 Å². The van der Waals surface area contributed by atoms with Crippen LogP contribution >= 0.6 is 0 Å². The van der Waals surface area contributed by atoms with Crippen molar-refractivity contribution in [2.75, 3.05) is 19.8 Å². The predicted octanol–water partition coefficient (Wildman–Crippen LogP) is 1.69. The third-order valence-corrected chi connectivity index (χ3v) is 7.22. The molecule has 0 aliphatic carbocycles. The number of hydrogen-bond acceptors (Lipinski definition) is 4. The lowest BCUT2D eigenvalue weighted by molar-refractivity contribution is -0.216. The Balaban J connectivity index is 1.77. The largest absolute Gasteiger partial charge is 0.405 e. The van der Waals surface area contributed by atoms with Crippen LogP contribution in [0.5, 0.6) is 0 Å². The van der Waals surface area contributed by atoms with Crippen molar-refractivity contribution in [1.82, 2.24) is 0 Å². The molecule has 2 atom stereocenters. The highest BCUT2D eigenvalue weighted by atomic mass is 28.3. The average molecular weight is 373 g/mol. The van der Waals surface area contributed by atoms with E-state index >= 15 is 0 Å². The molecule has 3 rings (SSSR count). The maximum atomic E-state index is 9.94. The van der Waals surface area contributed by atoms with E-state index in [9.17, 15) is 5.11 Å². The Hall–Kier alpha value is -1.50. The van der Waals surface area contributed by atoms with E-state index in [1.54, 1.807) is 0 Å². The fourth-order valence-corrected chi connectivity index (χ4v) is 5.37. The van der Waals surface area contributed by atoms with E-state index in [-0.39, 0.29) is 24.7 Å². The summed E-state index contributed by atoms with van der Waals surface area (Å²) in [6.45, 7) is 6.81. The Kier molecular flexibility index (Phi) is 5.95. The second-order valence-corrected chi connectivity index (χ2v) is 10.3. The molecule has 140 valence electrons. The Morgan fingerprint density at radius 3 is 2.00 bits per heavy atom. The average Bonchev–Trinajstić information content (AvgIpc) is 3.09. The van der Waals surface area contributed by atoms with Crippen molar-refractivity contribution in [3.05, 3.63) is 60.7 Å². The zero-order valence-electron chi connectivity index (χ0n) is 15.7. The number of aliphatic hydroxyl groups excluding tert-OH is 1. The zero-order valence-corrected chi connectivity index (χ0v) is 16.9. The van der Waals surface area contributed by atoms with Gasteiger partial charge < -0.3 is 19.0 Å². The van der Waals surface area contributed by atoms with Gasteiger partial charge in [-0.1, -0.05) is 81.4 Å². The molecule has 1 fully saturated rings. The molecule has 1 saturated heterocycles. The van der Waals surface area contributed by atoms with Crippen LogP contribution in [0.3, 0.4) is 0 Å². The van der Waals surface area contributed by atoms with Crippen LogP contribution in [0.2, 0.25) is 0 Å². The normalized spacial score (nSPS) is 23.5. The lowest BCUT2D eigenvalue weighted by Crippen LogP contribution is -2.50. The first-order valence-corrected chi connectivity index (χ1v) is 10.7. The van der Waals surface area contributed by atoms with Gasteiger partial charge in [-0.05, 0) is 15.8 Å². The molecule has 1 N–H and O–H groups in total. The number of ether oxygens (including phenoxy) is 2. The summed E-state index contributed by atoms with van der Waals surface area (Å²) >= 11 is 0. The van der Waals surface area contributed by atoms with Crippen molar-refractivity contribution in [2.24, 2.45) is 5.41 Å². The fraction of sp³-hybridized carbons (Fsp3) is 0.429. The minimum absolute atomic E-state index is 0.0490. The van der Waals surface area contributed by atoms with Gasteiger partial charge in [-0.15, -0.1) is 0 Å². The number of hydrogen-bond donors (Lipinski definition) is 1. The minimum Gasteiger partial charge on any atom is -0.405 e. The lowest BCUT2D eigenvalue weighted by atomic mass is 9.90. The molecule has 0 radical (unpaired) electrons. The summed E-state index contributed by atoms with van der Waals surface area (Å²) in [6, 6.07) is 20.5. The molecule has 0 spiro atoms. The second kappa shape index (κ2) is 8.02. The highest BCUT2D eigenvalue weighted by Crippen LogP contribution is 2.34. The zero-order chi connectivity index (χ0) is 18.6. The van der Waals surface area contributed by atoms with Gasteiger partial charge in [-0.2, -0.15) is 0 Å². The van der Waals surface area contributed by atoms with Crippen molar-refractivity contribution in [2.45, 2.75) is 32.7 Å². The van der Waals surface area contributed by atoms with Gasteiger partial charge in [0.05, 0.1) is 25.9 Å². The third-order valence-electron chi connectivity index (χ3n) is 4.74. The molecule has 0 saturated carbocycles. The standard InChI is InChI=1S/C21H28O4Si/c1-20(2,3)19-14-23-21(15-22,25-19)16-24-26(17-10-6-4-7-11-17)18-12-8-5-9-13-18/h4-13,19,22,26H,14-16H2,1-3H3/t19-,21+/m1/s1. The van der Waals surface area contributed by atoms with Crippen molar-refractivity contribution < 1.29 is 19.0 Å². The van der Waals surface area contributed by atoms with E-state index in [2.05, 4.69) is 45.0 Å². The molecule has 0 aromatic heterocycles. The molecule has 0 bridgehead atoms. The molecule has 26 heavy (non-hydrogen) atoms. The van der Waals surface area contributed by atoms with E-state index in [4.69, 9.17) is 13.9 Å². The van der Waals surface area contributed by atoms with Crippen molar-refractivity contribution in [1.29, 1.82) is 0 Å². The van der Waals surface area contributed by atoms with Gasteiger partial charge in [0.25, 0.3) is 0 Å². The van der Waals surface area contributed by atoms with Gasteiger partial charge in [0.1, 0.15) is 0 Å². The quantitative estimate of drug-likeness (QED) is 0.784. The number of benzene rings is 2. The molecular weight excluding hydrogens is 344 g/mol. The highest BCUT2D eigenvalue weighted by molar-refractivity contribution is 6.80. The monoisotopic (exact) mass is 372 g/mol. The first kappa shape index (κ1) is 19.3. The fourth-order valence-electron chi connectivity index (χ4n) is 3.04. The molecule has 2 aromatic rings. The second-order valence-electron chi connectivity index (χ2n) is 7.86. The van der Waals surface area contributed by atoms with E-state index < -0.39 is 14.8 Å². The molecule has 2 aromatic carbocycles. The first-order chi connectivity index (χ1) is 12.4. The Morgan fingerprint density at radius 1 is 1.04 bits per heavy atom. The summed E-state index contributed by atoms with van der Waals surface area (Å²) in [7, 11) is -1.90. The van der Waals surface area contributed by atoms with Gasteiger partial charge in [-0.3, -0.25) is 0 Å². The van der Waals surface area contributed by atoms with Crippen molar-refractivity contribution in [3.8, 4) is 0 Å². The van der Waals surface area contributed by atoms with Crippen LogP contribution in [0.4, 0.5) is 0 Å². The Labute approximate surface area is 157 Å². The minimum atomic E-state index is -1.90. The molecular formula is C21H28O4Si. The van der Waals surface area contributed by atoms with Crippen LogP contribution in [0.25, 0.3) is 0 Å². The van der Waals surface area contributed by atoms with Gasteiger partial charge in [0, 0.05) is 0 Å². The molecule has 1 aliphatic rings. The van der Waals surface area contributed by atoms with Crippen LogP contribution in [0.15, 0.2) is 60.7 Å². The van der Waals surface area contributed by atoms with E-state index in [1.807, 2.05) is 36.4 Å². The summed E-state index contributed by atoms with van der Waals surface area (Å²) in [5.74, 6) is -1.08.